The van der Waals surface area contributed by atoms with Gasteiger partial charge in [0.15, 0.2) is 6.61 Å². The number of carbonyl (C=O) groups is 7. The maximum atomic E-state index is 13.1. The predicted molar refractivity (Wildman–Crippen MR) is 155 cm³/mol. The van der Waals surface area contributed by atoms with Gasteiger partial charge in [-0.2, -0.15) is 0 Å². The molecule has 7 amide bonds. The highest BCUT2D eigenvalue weighted by atomic mass is 16.5. The molecule has 0 spiro atoms. The number of nitrogens with one attached hydrogen (secondary N) is 3. The Bertz CT molecular complexity index is 1200. The monoisotopic (exact) mass is 599 g/mol. The third-order valence-corrected chi connectivity index (χ3v) is 7.47. The molecule has 2 aliphatic heterocycles. The SMILES string of the molecule is CC(CCC(=O)NC=O)N1C(=O)c2cccc(OCC(=O)NCCCCNC(=O)CCCC(=O)N3CCCCC3)c2C1=O. The number of hydrogen-bond acceptors (Lipinski definition) is 8. The molecule has 1 atom stereocenters. The summed E-state index contributed by atoms with van der Waals surface area (Å²) in [6.45, 7) is 3.75. The first-order valence-electron chi connectivity index (χ1n) is 14.9. The number of benzene rings is 1. The van der Waals surface area contributed by atoms with Crippen LogP contribution in [0.1, 0.15) is 91.8 Å². The zero-order chi connectivity index (χ0) is 31.2. The third kappa shape index (κ3) is 9.90. The summed E-state index contributed by atoms with van der Waals surface area (Å²) in [5.74, 6) is -1.86. The van der Waals surface area contributed by atoms with Gasteiger partial charge in [-0.15, -0.1) is 0 Å². The van der Waals surface area contributed by atoms with Gasteiger partial charge < -0.3 is 20.3 Å². The summed E-state index contributed by atoms with van der Waals surface area (Å²) in [4.78, 5) is 87.4. The lowest BCUT2D eigenvalue weighted by Crippen LogP contribution is -2.38. The lowest BCUT2D eigenvalue weighted by Gasteiger charge is -2.26. The highest BCUT2D eigenvalue weighted by molar-refractivity contribution is 6.22. The summed E-state index contributed by atoms with van der Waals surface area (Å²) < 4.78 is 5.59. The number of piperidine rings is 1. The first-order chi connectivity index (χ1) is 20.7. The van der Waals surface area contributed by atoms with Crippen molar-refractivity contribution in [2.75, 3.05) is 32.8 Å². The second kappa shape index (κ2) is 17.0. The molecule has 1 saturated heterocycles. The van der Waals surface area contributed by atoms with Crippen molar-refractivity contribution in [3.63, 3.8) is 0 Å². The van der Waals surface area contributed by atoms with Crippen molar-refractivity contribution in [2.24, 2.45) is 0 Å². The van der Waals surface area contributed by atoms with E-state index in [1.54, 1.807) is 13.0 Å². The summed E-state index contributed by atoms with van der Waals surface area (Å²) in [5.41, 5.74) is 0.221. The van der Waals surface area contributed by atoms with E-state index in [-0.39, 0.29) is 54.5 Å². The van der Waals surface area contributed by atoms with E-state index in [2.05, 4.69) is 10.6 Å². The number of rotatable bonds is 17. The molecule has 43 heavy (non-hydrogen) atoms. The van der Waals surface area contributed by atoms with Crippen molar-refractivity contribution in [2.45, 2.75) is 77.2 Å². The molecule has 1 aromatic carbocycles. The molecular weight excluding hydrogens is 558 g/mol. The zero-order valence-electron chi connectivity index (χ0n) is 24.7. The van der Waals surface area contributed by atoms with Crippen molar-refractivity contribution in [3.8, 4) is 5.75 Å². The van der Waals surface area contributed by atoms with Crippen molar-refractivity contribution in [1.29, 1.82) is 0 Å². The predicted octanol–water partition coefficient (Wildman–Crippen LogP) is 1.30. The first-order valence-corrected chi connectivity index (χ1v) is 14.9. The molecule has 1 fully saturated rings. The summed E-state index contributed by atoms with van der Waals surface area (Å²) >= 11 is 0. The number of amides is 7. The van der Waals surface area contributed by atoms with Gasteiger partial charge in [-0.1, -0.05) is 6.07 Å². The molecule has 0 aromatic heterocycles. The van der Waals surface area contributed by atoms with Crippen LogP contribution in [0.3, 0.4) is 0 Å². The molecule has 1 aromatic rings. The summed E-state index contributed by atoms with van der Waals surface area (Å²) in [6.07, 6.45) is 6.19. The Balaban J connectivity index is 1.31. The molecule has 0 radical (unpaired) electrons. The largest absolute Gasteiger partial charge is 0.483 e. The lowest BCUT2D eigenvalue weighted by molar-refractivity contribution is -0.132. The fraction of sp³-hybridized carbons (Fsp3) is 0.567. The van der Waals surface area contributed by atoms with Gasteiger partial charge in [-0.25, -0.2) is 0 Å². The van der Waals surface area contributed by atoms with Crippen LogP contribution in [0.5, 0.6) is 5.75 Å². The molecule has 0 bridgehead atoms. The quantitative estimate of drug-likeness (QED) is 0.137. The van der Waals surface area contributed by atoms with Gasteiger partial charge in [0.2, 0.25) is 24.1 Å². The van der Waals surface area contributed by atoms with Crippen LogP contribution in [0.25, 0.3) is 0 Å². The van der Waals surface area contributed by atoms with Gasteiger partial charge in [0.1, 0.15) is 5.75 Å². The maximum Gasteiger partial charge on any atom is 0.265 e. The van der Waals surface area contributed by atoms with Crippen LogP contribution in [0.2, 0.25) is 0 Å². The van der Waals surface area contributed by atoms with E-state index in [0.717, 1.165) is 30.8 Å². The fourth-order valence-corrected chi connectivity index (χ4v) is 5.09. The molecule has 2 heterocycles. The van der Waals surface area contributed by atoms with Gasteiger partial charge in [0.25, 0.3) is 17.7 Å². The number of imide groups is 2. The van der Waals surface area contributed by atoms with Gasteiger partial charge in [0, 0.05) is 51.5 Å². The van der Waals surface area contributed by atoms with E-state index in [4.69, 9.17) is 4.74 Å². The zero-order valence-corrected chi connectivity index (χ0v) is 24.7. The van der Waals surface area contributed by atoms with Gasteiger partial charge in [0.05, 0.1) is 11.1 Å². The minimum absolute atomic E-state index is 0.0374. The molecule has 234 valence electrons. The third-order valence-electron chi connectivity index (χ3n) is 7.47. The Kier molecular flexibility index (Phi) is 13.1. The normalized spacial score (nSPS) is 15.0. The van der Waals surface area contributed by atoms with Crippen LogP contribution in [-0.4, -0.2) is 90.5 Å². The highest BCUT2D eigenvalue weighted by Gasteiger charge is 2.40. The Labute approximate surface area is 251 Å². The topological polar surface area (TPSA) is 171 Å². The summed E-state index contributed by atoms with van der Waals surface area (Å²) in [5, 5.41) is 7.58. The number of fused-ring (bicyclic) bond motifs is 1. The number of likely N-dealkylation sites (tertiary alicyclic amines) is 1. The van der Waals surface area contributed by atoms with Crippen LogP contribution in [0.4, 0.5) is 0 Å². The van der Waals surface area contributed by atoms with Crippen LogP contribution >= 0.6 is 0 Å². The molecule has 2 aliphatic rings. The van der Waals surface area contributed by atoms with Crippen LogP contribution in [0, 0.1) is 0 Å². The number of nitrogens with zero attached hydrogens (tertiary/aromatic N) is 2. The Morgan fingerprint density at radius 3 is 2.28 bits per heavy atom. The van der Waals surface area contributed by atoms with E-state index in [9.17, 15) is 33.6 Å². The lowest BCUT2D eigenvalue weighted by atomic mass is 10.1. The molecule has 0 saturated carbocycles. The second-order valence-electron chi connectivity index (χ2n) is 10.7. The fourth-order valence-electron chi connectivity index (χ4n) is 5.09. The molecule has 1 unspecified atom stereocenters. The average Bonchev–Trinajstić information content (AvgIpc) is 3.26. The van der Waals surface area contributed by atoms with Crippen LogP contribution in [0.15, 0.2) is 18.2 Å². The van der Waals surface area contributed by atoms with Crippen molar-refractivity contribution in [1.82, 2.24) is 25.8 Å². The minimum atomic E-state index is -0.598. The average molecular weight is 600 g/mol. The number of ether oxygens (including phenoxy) is 1. The van der Waals surface area contributed by atoms with Crippen molar-refractivity contribution < 1.29 is 38.3 Å². The van der Waals surface area contributed by atoms with Crippen molar-refractivity contribution in [3.05, 3.63) is 29.3 Å². The molecule has 3 rings (SSSR count). The summed E-state index contributed by atoms with van der Waals surface area (Å²) in [7, 11) is 0. The minimum Gasteiger partial charge on any atom is -0.483 e. The molecule has 13 heteroatoms. The van der Waals surface area contributed by atoms with E-state index < -0.39 is 29.7 Å². The summed E-state index contributed by atoms with van der Waals surface area (Å²) in [6, 6.07) is 3.97. The van der Waals surface area contributed by atoms with Crippen molar-refractivity contribution >= 4 is 41.9 Å². The maximum absolute atomic E-state index is 13.1. The number of hydrogen-bond donors (Lipinski definition) is 3. The smallest absolute Gasteiger partial charge is 0.265 e. The second-order valence-corrected chi connectivity index (χ2v) is 10.7. The van der Waals surface area contributed by atoms with Gasteiger partial charge in [-0.3, -0.25) is 43.8 Å². The van der Waals surface area contributed by atoms with E-state index in [1.165, 1.54) is 18.6 Å². The number of carbonyl (C=O) groups excluding carboxylic acids is 7. The molecule has 0 aliphatic carbocycles. The molecule has 3 N–H and O–H groups in total. The Hall–Kier alpha value is -4.29. The standard InChI is InChI=1S/C30H41N5O8/c1-21(13-14-25(38)33-20-36)35-29(41)22-9-7-10-23(28(22)30(35)42)43-19-26(39)32-16-4-3-15-31-24(37)11-8-12-27(40)34-17-5-2-6-18-34/h7,9-10,20-21H,2-6,8,11-19H2,1H3,(H,31,37)(H,32,39)(H,33,36,38). The number of unbranched alkanes of at least 4 members (excludes halogenated alkanes) is 1. The van der Waals surface area contributed by atoms with E-state index >= 15 is 0 Å². The van der Waals surface area contributed by atoms with E-state index in [0.29, 0.717) is 45.2 Å². The van der Waals surface area contributed by atoms with E-state index in [1.807, 2.05) is 10.2 Å². The van der Waals surface area contributed by atoms with Gasteiger partial charge >= 0.3 is 0 Å². The highest BCUT2D eigenvalue weighted by Crippen LogP contribution is 2.32. The molecule has 13 nitrogen and oxygen atoms in total. The first kappa shape index (κ1) is 33.2. The van der Waals surface area contributed by atoms with Crippen LogP contribution < -0.4 is 20.7 Å². The molecular formula is C30H41N5O8. The van der Waals surface area contributed by atoms with Crippen LogP contribution in [-0.2, 0) is 24.0 Å². The Morgan fingerprint density at radius 1 is 0.884 bits per heavy atom. The van der Waals surface area contributed by atoms with Gasteiger partial charge in [-0.05, 0) is 64.0 Å². The Morgan fingerprint density at radius 2 is 1.58 bits per heavy atom.